The van der Waals surface area contributed by atoms with Gasteiger partial charge in [0, 0.05) is 11.6 Å². The molecule has 4 atom stereocenters. The Kier molecular flexibility index (Phi) is 8.49. The molecular weight excluding hydrogens is 510 g/mol. The van der Waals surface area contributed by atoms with Crippen LogP contribution in [0, 0.1) is 12.8 Å². The van der Waals surface area contributed by atoms with E-state index in [9.17, 15) is 22.8 Å². The van der Waals surface area contributed by atoms with Crippen LogP contribution in [0.5, 0.6) is 0 Å². The third-order valence-electron chi connectivity index (χ3n) is 7.12. The summed E-state index contributed by atoms with van der Waals surface area (Å²) in [6.45, 7) is 1.28. The number of hydroxylamine groups is 1. The molecule has 1 saturated carbocycles. The first-order valence-electron chi connectivity index (χ1n) is 12.6. The second-order valence-electron chi connectivity index (χ2n) is 10.2. The quantitative estimate of drug-likeness (QED) is 0.355. The summed E-state index contributed by atoms with van der Waals surface area (Å²) in [7, 11) is -3.31. The average molecular weight is 544 g/mol. The molecule has 1 unspecified atom stereocenters. The summed E-state index contributed by atoms with van der Waals surface area (Å²) in [6, 6.07) is 11.9. The van der Waals surface area contributed by atoms with Gasteiger partial charge in [0.2, 0.25) is 10.0 Å². The lowest BCUT2D eigenvalue weighted by atomic mass is 9.76. The molecule has 2 aliphatic rings. The Morgan fingerprint density at radius 2 is 1.89 bits per heavy atom. The van der Waals surface area contributed by atoms with Gasteiger partial charge in [-0.25, -0.2) is 23.4 Å². The minimum Gasteiger partial charge on any atom is -0.479 e. The first-order chi connectivity index (χ1) is 18.0. The van der Waals surface area contributed by atoms with E-state index >= 15 is 0 Å². The molecule has 0 aromatic heterocycles. The van der Waals surface area contributed by atoms with Crippen molar-refractivity contribution in [1.82, 2.24) is 15.5 Å². The number of sulfonamides is 1. The van der Waals surface area contributed by atoms with Crippen molar-refractivity contribution in [2.45, 2.75) is 57.0 Å². The zero-order chi connectivity index (χ0) is 27.4. The molecule has 0 spiro atoms. The van der Waals surface area contributed by atoms with Crippen molar-refractivity contribution >= 4 is 27.8 Å². The Hall–Kier alpha value is -3.28. The fraction of sp³-hybridized carbons (Fsp3) is 0.444. The van der Waals surface area contributed by atoms with Gasteiger partial charge in [-0.05, 0) is 54.9 Å². The van der Waals surface area contributed by atoms with E-state index in [1.807, 2.05) is 25.1 Å². The maximum Gasteiger partial charge on any atom is 0.332 e. The van der Waals surface area contributed by atoms with E-state index in [1.54, 1.807) is 24.3 Å². The molecule has 0 saturated heterocycles. The van der Waals surface area contributed by atoms with Crippen LogP contribution >= 0.6 is 0 Å². The first kappa shape index (κ1) is 27.7. The van der Waals surface area contributed by atoms with Gasteiger partial charge in [-0.15, -0.1) is 0 Å². The van der Waals surface area contributed by atoms with Crippen molar-refractivity contribution in [2.75, 3.05) is 12.9 Å². The molecule has 1 aliphatic carbocycles. The van der Waals surface area contributed by atoms with E-state index in [0.717, 1.165) is 36.0 Å². The Balaban J connectivity index is 1.66. The summed E-state index contributed by atoms with van der Waals surface area (Å²) < 4.78 is 26.3. The van der Waals surface area contributed by atoms with Crippen LogP contribution in [0.1, 0.15) is 70.3 Å². The smallest absolute Gasteiger partial charge is 0.332 e. The number of nitrogens with one attached hydrogen (secondary N) is 3. The molecule has 4 rings (SSSR count). The highest BCUT2D eigenvalue weighted by atomic mass is 32.2. The van der Waals surface area contributed by atoms with E-state index in [0.29, 0.717) is 24.0 Å². The maximum absolute atomic E-state index is 13.3. The van der Waals surface area contributed by atoms with Crippen molar-refractivity contribution in [1.29, 1.82) is 0 Å². The summed E-state index contributed by atoms with van der Waals surface area (Å²) in [5.41, 5.74) is 5.93. The monoisotopic (exact) mass is 543 g/mol. The molecular formula is C27H33N3O7S. The minimum absolute atomic E-state index is 0.122. The summed E-state index contributed by atoms with van der Waals surface area (Å²) >= 11 is 0. The number of carboxylic acids is 1. The lowest BCUT2D eigenvalue weighted by Crippen LogP contribution is -2.45. The van der Waals surface area contributed by atoms with Crippen molar-refractivity contribution in [3.63, 3.8) is 0 Å². The lowest BCUT2D eigenvalue weighted by molar-refractivity contribution is -0.150. The third-order valence-corrected chi connectivity index (χ3v) is 7.88. The molecule has 2 aromatic rings. The van der Waals surface area contributed by atoms with Gasteiger partial charge in [-0.2, -0.15) is 0 Å². The summed E-state index contributed by atoms with van der Waals surface area (Å²) in [4.78, 5) is 42.2. The van der Waals surface area contributed by atoms with Crippen LogP contribution in [0.4, 0.5) is 0 Å². The molecule has 11 heteroatoms. The van der Waals surface area contributed by atoms with Gasteiger partial charge in [-0.1, -0.05) is 54.8 Å². The van der Waals surface area contributed by atoms with E-state index in [2.05, 4.69) is 15.5 Å². The van der Waals surface area contributed by atoms with Gasteiger partial charge >= 0.3 is 5.97 Å². The lowest BCUT2D eigenvalue weighted by Gasteiger charge is -2.35. The first-order valence-corrected chi connectivity index (χ1v) is 14.5. The molecule has 2 aromatic carbocycles. The number of hydrogen-bond donors (Lipinski definition) is 4. The number of carboxylic acid groups (broad SMARTS) is 1. The zero-order valence-electron chi connectivity index (χ0n) is 21.4. The van der Waals surface area contributed by atoms with Crippen LogP contribution in [0.15, 0.2) is 42.5 Å². The second-order valence-corrected chi connectivity index (χ2v) is 12.0. The normalized spacial score (nSPS) is 23.3. The Bertz CT molecular complexity index is 1330. The van der Waals surface area contributed by atoms with Gasteiger partial charge < -0.3 is 10.4 Å². The molecule has 38 heavy (non-hydrogen) atoms. The predicted molar refractivity (Wildman–Crippen MR) is 140 cm³/mol. The molecule has 204 valence electrons. The topological polar surface area (TPSA) is 151 Å². The van der Waals surface area contributed by atoms with Crippen molar-refractivity contribution in [3.8, 4) is 0 Å². The number of aliphatic carboxylic acids is 1. The van der Waals surface area contributed by atoms with Gasteiger partial charge in [0.05, 0.1) is 18.2 Å². The molecule has 1 aliphatic heterocycles. The standard InChI is InChI=1S/C27H33N3O7S/c1-16-10-11-20(18(12-16)13-17-6-5-7-19(14-17)30-38(2,35)36)25-24(27(34)29-37-15-23(31)32)21-8-3-4-9-22(21)26(33)28-25/h3-4,8-12,17,19,24-25,30H,5-7,13-15H2,1-2H3,(H,28,33)(H,29,34)(H,31,32)/t17?,19-,24+,25-/m0/s1. The van der Waals surface area contributed by atoms with E-state index in [4.69, 9.17) is 9.94 Å². The predicted octanol–water partition coefficient (Wildman–Crippen LogP) is 2.35. The Labute approximate surface area is 222 Å². The van der Waals surface area contributed by atoms with Crippen LogP contribution in [0.3, 0.4) is 0 Å². The maximum atomic E-state index is 13.3. The van der Waals surface area contributed by atoms with Crippen LogP contribution < -0.4 is 15.5 Å². The van der Waals surface area contributed by atoms with Crippen molar-refractivity contribution in [3.05, 3.63) is 70.3 Å². The zero-order valence-corrected chi connectivity index (χ0v) is 22.2. The molecule has 10 nitrogen and oxygen atoms in total. The largest absolute Gasteiger partial charge is 0.479 e. The number of aryl methyl sites for hydroxylation is 1. The van der Waals surface area contributed by atoms with Crippen molar-refractivity contribution < 1.29 is 32.7 Å². The van der Waals surface area contributed by atoms with E-state index in [1.165, 1.54) is 6.26 Å². The van der Waals surface area contributed by atoms with Gasteiger partial charge in [0.1, 0.15) is 0 Å². The summed E-state index contributed by atoms with van der Waals surface area (Å²) in [5, 5.41) is 11.9. The minimum atomic E-state index is -3.31. The molecule has 2 amide bonds. The fourth-order valence-corrected chi connectivity index (χ4v) is 6.47. The van der Waals surface area contributed by atoms with Crippen LogP contribution in [-0.2, 0) is 30.9 Å². The number of amides is 2. The number of rotatable bonds is 9. The summed E-state index contributed by atoms with van der Waals surface area (Å²) in [6.07, 6.45) is 5.17. The summed E-state index contributed by atoms with van der Waals surface area (Å²) in [5.74, 6) is -2.73. The molecule has 4 N–H and O–H groups in total. The van der Waals surface area contributed by atoms with Crippen LogP contribution in [-0.4, -0.2) is 50.2 Å². The third kappa shape index (κ3) is 6.77. The number of hydrogen-bond acceptors (Lipinski definition) is 6. The number of benzene rings is 2. The van der Waals surface area contributed by atoms with E-state index < -0.39 is 40.5 Å². The molecule has 0 bridgehead atoms. The highest BCUT2D eigenvalue weighted by Crippen LogP contribution is 2.40. The molecule has 1 heterocycles. The Morgan fingerprint density at radius 3 is 2.63 bits per heavy atom. The number of fused-ring (bicyclic) bond motifs is 1. The van der Waals surface area contributed by atoms with Crippen LogP contribution in [0.25, 0.3) is 0 Å². The average Bonchev–Trinajstić information content (AvgIpc) is 2.83. The SMILES string of the molecule is Cc1ccc([C@@H]2NC(=O)c3ccccc3[C@H]2C(=O)NOCC(=O)O)c(CC2CCC[C@H](NS(C)(=O)=O)C2)c1. The highest BCUT2D eigenvalue weighted by molar-refractivity contribution is 7.88. The molecule has 0 radical (unpaired) electrons. The second kappa shape index (κ2) is 11.6. The Morgan fingerprint density at radius 1 is 1.13 bits per heavy atom. The number of carbonyl (C=O) groups is 3. The van der Waals surface area contributed by atoms with Gasteiger partial charge in [0.25, 0.3) is 11.8 Å². The number of carbonyl (C=O) groups excluding carboxylic acids is 2. The van der Waals surface area contributed by atoms with E-state index in [-0.39, 0.29) is 17.9 Å². The van der Waals surface area contributed by atoms with Gasteiger partial charge in [-0.3, -0.25) is 14.4 Å². The highest BCUT2D eigenvalue weighted by Gasteiger charge is 2.40. The van der Waals surface area contributed by atoms with Gasteiger partial charge in [0.15, 0.2) is 6.61 Å². The fourth-order valence-electron chi connectivity index (χ4n) is 5.65. The van der Waals surface area contributed by atoms with Crippen molar-refractivity contribution in [2.24, 2.45) is 5.92 Å². The van der Waals surface area contributed by atoms with Crippen LogP contribution in [0.2, 0.25) is 0 Å². The molecule has 1 fully saturated rings.